The number of carbonyl (C=O) groups is 1. The number of nitrogens with zero attached hydrogens (tertiary/aromatic N) is 2. The van der Waals surface area contributed by atoms with Gasteiger partial charge in [0.25, 0.3) is 5.91 Å². The predicted molar refractivity (Wildman–Crippen MR) is 111 cm³/mol. The Hall–Kier alpha value is -3.34. The molecule has 0 saturated heterocycles. The van der Waals surface area contributed by atoms with E-state index in [1.165, 1.54) is 29.2 Å². The van der Waals surface area contributed by atoms with Crippen molar-refractivity contribution in [3.05, 3.63) is 78.1 Å². The number of nitrogens with one attached hydrogen (secondary N) is 1. The average molecular weight is 403 g/mol. The van der Waals surface area contributed by atoms with E-state index in [1.54, 1.807) is 6.07 Å². The maximum Gasteiger partial charge on any atom is 0.268 e. The van der Waals surface area contributed by atoms with Crippen LogP contribution in [0.15, 0.2) is 86.7 Å². The highest BCUT2D eigenvalue weighted by molar-refractivity contribution is 7.99. The molecule has 5 nitrogen and oxygen atoms in total. The van der Waals surface area contributed by atoms with Gasteiger partial charge in [0.2, 0.25) is 0 Å². The van der Waals surface area contributed by atoms with E-state index in [1.807, 2.05) is 66.7 Å². The Morgan fingerprint density at radius 1 is 1.11 bits per heavy atom. The Morgan fingerprint density at radius 2 is 1.89 bits per heavy atom. The van der Waals surface area contributed by atoms with Gasteiger partial charge >= 0.3 is 0 Å². The van der Waals surface area contributed by atoms with Crippen LogP contribution in [0.5, 0.6) is 0 Å². The maximum atomic E-state index is 12.4. The van der Waals surface area contributed by atoms with Crippen LogP contribution in [0.1, 0.15) is 5.76 Å². The van der Waals surface area contributed by atoms with Crippen molar-refractivity contribution in [2.45, 2.75) is 9.99 Å². The van der Waals surface area contributed by atoms with Gasteiger partial charge in [-0.2, -0.15) is 5.26 Å². The number of hydrogen-bond acceptors (Lipinski definition) is 6. The number of amides is 1. The second-order valence-corrected chi connectivity index (χ2v) is 7.79. The smallest absolute Gasteiger partial charge is 0.268 e. The van der Waals surface area contributed by atoms with Crippen molar-refractivity contribution in [3.63, 3.8) is 0 Å². The summed E-state index contributed by atoms with van der Waals surface area (Å²) in [6, 6.07) is 22.9. The molecular weight excluding hydrogens is 390 g/mol. The Kier molecular flexibility index (Phi) is 5.24. The Labute approximate surface area is 169 Å². The van der Waals surface area contributed by atoms with Crippen molar-refractivity contribution in [1.29, 1.82) is 5.26 Å². The molecule has 7 heteroatoms. The molecule has 4 aromatic rings. The second kappa shape index (κ2) is 8.13. The van der Waals surface area contributed by atoms with Gasteiger partial charge in [-0.1, -0.05) is 53.4 Å². The van der Waals surface area contributed by atoms with E-state index in [-0.39, 0.29) is 5.57 Å². The van der Waals surface area contributed by atoms with Crippen LogP contribution in [0.4, 0.5) is 5.13 Å². The number of para-hydroxylation sites is 1. The average Bonchev–Trinajstić information content (AvgIpc) is 3.32. The Bertz CT molecular complexity index is 1170. The van der Waals surface area contributed by atoms with E-state index < -0.39 is 5.91 Å². The molecule has 1 amide bonds. The first-order chi connectivity index (χ1) is 13.7. The van der Waals surface area contributed by atoms with Gasteiger partial charge in [-0.25, -0.2) is 4.98 Å². The predicted octanol–water partition coefficient (Wildman–Crippen LogP) is 5.59. The fourth-order valence-corrected chi connectivity index (χ4v) is 4.11. The third-order valence-electron chi connectivity index (χ3n) is 3.73. The van der Waals surface area contributed by atoms with Crippen LogP contribution in [0, 0.1) is 11.3 Å². The van der Waals surface area contributed by atoms with Gasteiger partial charge in [0.05, 0.1) is 10.2 Å². The third-order valence-corrected chi connectivity index (χ3v) is 5.61. The quantitative estimate of drug-likeness (QED) is 0.347. The van der Waals surface area contributed by atoms with Crippen molar-refractivity contribution in [2.75, 3.05) is 5.32 Å². The summed E-state index contributed by atoms with van der Waals surface area (Å²) in [4.78, 5) is 17.8. The van der Waals surface area contributed by atoms with Gasteiger partial charge in [0, 0.05) is 11.0 Å². The first-order valence-electron chi connectivity index (χ1n) is 8.33. The number of hydrogen-bond donors (Lipinski definition) is 1. The highest BCUT2D eigenvalue weighted by Gasteiger charge is 2.13. The summed E-state index contributed by atoms with van der Waals surface area (Å²) in [5, 5.41) is 13.2. The minimum atomic E-state index is -0.518. The van der Waals surface area contributed by atoms with E-state index in [9.17, 15) is 10.1 Å². The van der Waals surface area contributed by atoms with Crippen LogP contribution >= 0.6 is 23.1 Å². The Balaban J connectivity index is 1.49. The highest BCUT2D eigenvalue weighted by atomic mass is 32.2. The second-order valence-electron chi connectivity index (χ2n) is 5.68. The van der Waals surface area contributed by atoms with E-state index >= 15 is 0 Å². The number of fused-ring (bicyclic) bond motifs is 1. The van der Waals surface area contributed by atoms with Crippen LogP contribution in [-0.4, -0.2) is 10.9 Å². The molecule has 0 aliphatic heterocycles. The molecule has 0 saturated carbocycles. The van der Waals surface area contributed by atoms with Crippen LogP contribution in [0.25, 0.3) is 16.3 Å². The minimum Gasteiger partial charge on any atom is -0.450 e. The van der Waals surface area contributed by atoms with Crippen molar-refractivity contribution >= 4 is 50.4 Å². The number of nitriles is 1. The molecule has 2 heterocycles. The highest BCUT2D eigenvalue weighted by Crippen LogP contribution is 2.30. The topological polar surface area (TPSA) is 78.9 Å². The van der Waals surface area contributed by atoms with Crippen molar-refractivity contribution in [1.82, 2.24) is 4.98 Å². The zero-order valence-corrected chi connectivity index (χ0v) is 16.1. The number of furan rings is 1. The lowest BCUT2D eigenvalue weighted by molar-refractivity contribution is -0.112. The molecule has 2 aromatic carbocycles. The van der Waals surface area contributed by atoms with E-state index in [2.05, 4.69) is 10.3 Å². The minimum absolute atomic E-state index is 0.0510. The van der Waals surface area contributed by atoms with Gasteiger partial charge in [-0.05, 0) is 36.4 Å². The van der Waals surface area contributed by atoms with E-state index in [0.29, 0.717) is 16.0 Å². The molecule has 4 rings (SSSR count). The number of rotatable bonds is 5. The lowest BCUT2D eigenvalue weighted by atomic mass is 10.2. The van der Waals surface area contributed by atoms with Crippen molar-refractivity contribution in [3.8, 4) is 6.07 Å². The summed E-state index contributed by atoms with van der Waals surface area (Å²) in [5.74, 6) is -0.0790. The molecule has 0 bridgehead atoms. The molecular formula is C21H13N3O2S2. The molecule has 0 fully saturated rings. The summed E-state index contributed by atoms with van der Waals surface area (Å²) in [6.45, 7) is 0. The van der Waals surface area contributed by atoms with Gasteiger partial charge in [-0.15, -0.1) is 0 Å². The third kappa shape index (κ3) is 4.14. The lowest BCUT2D eigenvalue weighted by Gasteiger charge is -1.99. The van der Waals surface area contributed by atoms with Gasteiger partial charge < -0.3 is 4.42 Å². The molecule has 0 spiro atoms. The SMILES string of the molecule is N#C/C(=C/c1ccc(Sc2ccccc2)o1)C(=O)Nc1nc2ccccc2s1. The molecule has 0 aliphatic rings. The fraction of sp³-hybridized carbons (Fsp3) is 0. The lowest BCUT2D eigenvalue weighted by Crippen LogP contribution is -2.13. The van der Waals surface area contributed by atoms with Gasteiger partial charge in [-0.3, -0.25) is 10.1 Å². The molecule has 28 heavy (non-hydrogen) atoms. The summed E-state index contributed by atoms with van der Waals surface area (Å²) >= 11 is 2.83. The largest absolute Gasteiger partial charge is 0.450 e. The summed E-state index contributed by atoms with van der Waals surface area (Å²) in [6.07, 6.45) is 1.43. The number of carbonyl (C=O) groups excluding carboxylic acids is 1. The van der Waals surface area contributed by atoms with Crippen LogP contribution in [-0.2, 0) is 4.79 Å². The van der Waals surface area contributed by atoms with Crippen LogP contribution in [0.2, 0.25) is 0 Å². The first kappa shape index (κ1) is 18.0. The normalized spacial score (nSPS) is 11.3. The number of anilines is 1. The summed E-state index contributed by atoms with van der Waals surface area (Å²) < 4.78 is 6.68. The molecule has 1 N–H and O–H groups in total. The molecule has 2 aromatic heterocycles. The molecule has 0 atom stereocenters. The van der Waals surface area contributed by atoms with Crippen LogP contribution < -0.4 is 5.32 Å². The van der Waals surface area contributed by atoms with E-state index in [0.717, 1.165) is 15.1 Å². The van der Waals surface area contributed by atoms with Gasteiger partial charge in [0.15, 0.2) is 10.2 Å². The number of benzene rings is 2. The fourth-order valence-electron chi connectivity index (χ4n) is 2.45. The summed E-state index contributed by atoms with van der Waals surface area (Å²) in [7, 11) is 0. The molecule has 0 unspecified atom stereocenters. The first-order valence-corrected chi connectivity index (χ1v) is 9.96. The van der Waals surface area contributed by atoms with Crippen LogP contribution in [0.3, 0.4) is 0 Å². The zero-order chi connectivity index (χ0) is 19.3. The zero-order valence-electron chi connectivity index (χ0n) is 14.5. The van der Waals surface area contributed by atoms with Crippen molar-refractivity contribution in [2.24, 2.45) is 0 Å². The monoisotopic (exact) mass is 403 g/mol. The molecule has 136 valence electrons. The van der Waals surface area contributed by atoms with E-state index in [4.69, 9.17) is 4.42 Å². The molecule has 0 aliphatic carbocycles. The standard InChI is InChI=1S/C21H13N3O2S2/c22-13-14(20(25)24-21-23-17-8-4-5-9-18(17)28-21)12-15-10-11-19(26-15)27-16-6-2-1-3-7-16/h1-12H,(H,23,24,25)/b14-12-. The van der Waals surface area contributed by atoms with Gasteiger partial charge in [0.1, 0.15) is 17.4 Å². The van der Waals surface area contributed by atoms with Crippen molar-refractivity contribution < 1.29 is 9.21 Å². The maximum absolute atomic E-state index is 12.4. The summed E-state index contributed by atoms with van der Waals surface area (Å²) in [5.41, 5.74) is 0.753. The number of thiazole rings is 1. The molecule has 0 radical (unpaired) electrons. The number of aromatic nitrogens is 1. The Morgan fingerprint density at radius 3 is 2.68 bits per heavy atom.